The van der Waals surface area contributed by atoms with Gasteiger partial charge in [-0.15, -0.1) is 0 Å². The Morgan fingerprint density at radius 2 is 1.93 bits per heavy atom. The Balaban J connectivity index is 2.37. The van der Waals surface area contributed by atoms with Gasteiger partial charge in [0.05, 0.1) is 24.2 Å². The summed E-state index contributed by atoms with van der Waals surface area (Å²) in [6.45, 7) is 10.1. The first-order valence-electron chi connectivity index (χ1n) is 10.3. The molecular weight excluding hydrogens is 388 g/mol. The zero-order valence-electron chi connectivity index (χ0n) is 18.4. The predicted molar refractivity (Wildman–Crippen MR) is 115 cm³/mol. The van der Waals surface area contributed by atoms with Crippen LogP contribution < -0.4 is 16.6 Å². The van der Waals surface area contributed by atoms with Gasteiger partial charge in [0.15, 0.2) is 5.65 Å². The van der Waals surface area contributed by atoms with E-state index >= 15 is 0 Å². The molecule has 0 bridgehead atoms. The molecule has 0 atom stereocenters. The molecule has 0 aliphatic heterocycles. The van der Waals surface area contributed by atoms with Crippen LogP contribution in [0.3, 0.4) is 0 Å². The molecule has 9 heteroatoms. The number of carbonyl (C=O) groups is 1. The van der Waals surface area contributed by atoms with E-state index in [1.807, 2.05) is 27.7 Å². The van der Waals surface area contributed by atoms with Gasteiger partial charge in [-0.3, -0.25) is 19.1 Å². The first-order valence-corrected chi connectivity index (χ1v) is 10.3. The zero-order valence-corrected chi connectivity index (χ0v) is 18.4. The molecule has 0 spiro atoms. The quantitative estimate of drug-likeness (QED) is 0.534. The molecule has 0 radical (unpaired) electrons. The van der Waals surface area contributed by atoms with E-state index in [2.05, 4.69) is 15.3 Å². The number of nitrogens with one attached hydrogen (secondary N) is 2. The molecule has 2 aromatic heterocycles. The van der Waals surface area contributed by atoms with Crippen LogP contribution in [-0.2, 0) is 16.0 Å². The first-order chi connectivity index (χ1) is 14.3. The highest BCUT2D eigenvalue weighted by atomic mass is 16.5. The second-order valence-electron chi connectivity index (χ2n) is 7.93. The number of aromatic amines is 1. The van der Waals surface area contributed by atoms with Crippen LogP contribution in [0, 0.1) is 5.92 Å². The highest BCUT2D eigenvalue weighted by Crippen LogP contribution is 2.20. The van der Waals surface area contributed by atoms with E-state index < -0.39 is 11.2 Å². The van der Waals surface area contributed by atoms with Crippen molar-refractivity contribution in [2.75, 3.05) is 33.5 Å². The number of hydrogen-bond acceptors (Lipinski definition) is 6. The minimum absolute atomic E-state index is 0.0250. The number of hydrogen-bond donors (Lipinski definition) is 2. The number of nitrogens with zero attached hydrogens (tertiary/aromatic N) is 2. The smallest absolute Gasteiger partial charge is 0.330 e. The molecule has 0 aliphatic carbocycles. The average Bonchev–Trinajstić information content (AvgIpc) is 2.69. The number of carbonyl (C=O) groups excluding carboxylic acids is 1. The summed E-state index contributed by atoms with van der Waals surface area (Å²) in [5, 5.41) is 2.96. The van der Waals surface area contributed by atoms with Gasteiger partial charge in [0.2, 0.25) is 0 Å². The number of amides is 1. The zero-order chi connectivity index (χ0) is 22.3. The molecule has 2 heterocycles. The molecule has 0 saturated carbocycles. The van der Waals surface area contributed by atoms with Crippen LogP contribution in [0.4, 0.5) is 0 Å². The number of H-pyrrole nitrogens is 1. The topological polar surface area (TPSA) is 115 Å². The lowest BCUT2D eigenvalue weighted by Crippen LogP contribution is -2.34. The van der Waals surface area contributed by atoms with Gasteiger partial charge >= 0.3 is 5.69 Å². The number of fused-ring (bicyclic) bond motifs is 1. The number of ether oxygens (including phenoxy) is 2. The van der Waals surface area contributed by atoms with Gasteiger partial charge in [0, 0.05) is 32.5 Å². The molecule has 0 unspecified atom stereocenters. The largest absolute Gasteiger partial charge is 0.382 e. The molecule has 30 heavy (non-hydrogen) atoms. The molecular formula is C21H32N4O5. The summed E-state index contributed by atoms with van der Waals surface area (Å²) in [6, 6.07) is 1.64. The van der Waals surface area contributed by atoms with Crippen LogP contribution in [0.1, 0.15) is 56.1 Å². The molecule has 2 aromatic rings. The standard InChI is InChI=1S/C21H32N4O5/c1-13(2)12-25-18-17(20(27)24-21(25)28)15(11-16(23-18)14(3)4)19(26)22-7-6-8-30-10-9-29-5/h11,13-14H,6-10,12H2,1-5H3,(H,22,26)(H,24,27,28). The van der Waals surface area contributed by atoms with Crippen LogP contribution in [0.2, 0.25) is 0 Å². The van der Waals surface area contributed by atoms with Gasteiger partial charge in [0.1, 0.15) is 0 Å². The van der Waals surface area contributed by atoms with Crippen LogP contribution >= 0.6 is 0 Å². The van der Waals surface area contributed by atoms with Crippen molar-refractivity contribution in [2.24, 2.45) is 5.92 Å². The second-order valence-corrected chi connectivity index (χ2v) is 7.93. The maximum absolute atomic E-state index is 12.9. The van der Waals surface area contributed by atoms with Crippen molar-refractivity contribution < 1.29 is 14.3 Å². The van der Waals surface area contributed by atoms with Gasteiger partial charge in [-0.05, 0) is 24.3 Å². The van der Waals surface area contributed by atoms with Crippen LogP contribution in [0.15, 0.2) is 15.7 Å². The molecule has 9 nitrogen and oxygen atoms in total. The summed E-state index contributed by atoms with van der Waals surface area (Å²) in [7, 11) is 1.61. The fourth-order valence-electron chi connectivity index (χ4n) is 3.02. The number of rotatable bonds is 11. The third-order valence-electron chi connectivity index (χ3n) is 4.54. The number of aromatic nitrogens is 3. The van der Waals surface area contributed by atoms with E-state index in [4.69, 9.17) is 9.47 Å². The number of pyridine rings is 1. The van der Waals surface area contributed by atoms with Crippen molar-refractivity contribution in [2.45, 2.75) is 46.6 Å². The summed E-state index contributed by atoms with van der Waals surface area (Å²) in [6.07, 6.45) is 0.629. The van der Waals surface area contributed by atoms with Crippen molar-refractivity contribution >= 4 is 16.9 Å². The highest BCUT2D eigenvalue weighted by Gasteiger charge is 2.20. The lowest BCUT2D eigenvalue weighted by molar-refractivity contribution is 0.0688. The van der Waals surface area contributed by atoms with Crippen molar-refractivity contribution in [3.63, 3.8) is 0 Å². The van der Waals surface area contributed by atoms with Crippen molar-refractivity contribution in [3.8, 4) is 0 Å². The molecule has 0 fully saturated rings. The monoisotopic (exact) mass is 420 g/mol. The lowest BCUT2D eigenvalue weighted by Gasteiger charge is -2.16. The molecule has 166 valence electrons. The minimum atomic E-state index is -0.606. The summed E-state index contributed by atoms with van der Waals surface area (Å²) in [5.41, 5.74) is -0.00227. The summed E-state index contributed by atoms with van der Waals surface area (Å²) in [4.78, 5) is 44.8. The van der Waals surface area contributed by atoms with Crippen molar-refractivity contribution in [1.29, 1.82) is 0 Å². The van der Waals surface area contributed by atoms with Gasteiger partial charge in [-0.25, -0.2) is 9.78 Å². The van der Waals surface area contributed by atoms with E-state index in [9.17, 15) is 14.4 Å². The van der Waals surface area contributed by atoms with Gasteiger partial charge in [-0.1, -0.05) is 27.7 Å². The van der Waals surface area contributed by atoms with E-state index in [1.54, 1.807) is 13.2 Å². The Labute approximate surface area is 175 Å². The molecule has 0 saturated heterocycles. The second kappa shape index (κ2) is 11.0. The van der Waals surface area contributed by atoms with Crippen LogP contribution in [0.25, 0.3) is 11.0 Å². The minimum Gasteiger partial charge on any atom is -0.382 e. The van der Waals surface area contributed by atoms with Gasteiger partial charge in [0.25, 0.3) is 11.5 Å². The molecule has 2 N–H and O–H groups in total. The molecule has 2 rings (SSSR count). The van der Waals surface area contributed by atoms with Crippen molar-refractivity contribution in [3.05, 3.63) is 38.2 Å². The Bertz CT molecular complexity index is 978. The first kappa shape index (κ1) is 23.8. The molecule has 0 aliphatic rings. The third-order valence-corrected chi connectivity index (χ3v) is 4.54. The Kier molecular flexibility index (Phi) is 8.73. The van der Waals surface area contributed by atoms with Gasteiger partial charge < -0.3 is 14.8 Å². The lowest BCUT2D eigenvalue weighted by atomic mass is 10.0. The Morgan fingerprint density at radius 1 is 1.20 bits per heavy atom. The van der Waals surface area contributed by atoms with Gasteiger partial charge in [-0.2, -0.15) is 0 Å². The van der Waals surface area contributed by atoms with E-state index in [0.717, 1.165) is 0 Å². The molecule has 0 aromatic carbocycles. The summed E-state index contributed by atoms with van der Waals surface area (Å²) < 4.78 is 11.7. The summed E-state index contributed by atoms with van der Waals surface area (Å²) in [5.74, 6) is -0.185. The maximum atomic E-state index is 12.9. The molecule has 1 amide bonds. The Morgan fingerprint density at radius 3 is 2.57 bits per heavy atom. The van der Waals surface area contributed by atoms with Crippen molar-refractivity contribution in [1.82, 2.24) is 19.9 Å². The maximum Gasteiger partial charge on any atom is 0.330 e. The van der Waals surface area contributed by atoms with E-state index in [-0.39, 0.29) is 34.3 Å². The van der Waals surface area contributed by atoms with Crippen LogP contribution in [-0.4, -0.2) is 53.9 Å². The average molecular weight is 421 g/mol. The SMILES string of the molecule is COCCOCCCNC(=O)c1cc(C(C)C)nc2c1c(=O)[nH]c(=O)n2CC(C)C. The normalized spacial score (nSPS) is 11.6. The third kappa shape index (κ3) is 5.99. The summed E-state index contributed by atoms with van der Waals surface area (Å²) >= 11 is 0. The van der Waals surface area contributed by atoms with E-state index in [0.29, 0.717) is 45.0 Å². The highest BCUT2D eigenvalue weighted by molar-refractivity contribution is 6.05. The Hall–Kier alpha value is -2.52. The van der Waals surface area contributed by atoms with Crippen LogP contribution in [0.5, 0.6) is 0 Å². The van der Waals surface area contributed by atoms with E-state index in [1.165, 1.54) is 4.57 Å². The fourth-order valence-corrected chi connectivity index (χ4v) is 3.02. The number of methoxy groups -OCH3 is 1. The fraction of sp³-hybridized carbons (Fsp3) is 0.619. The predicted octanol–water partition coefficient (Wildman–Crippen LogP) is 1.65.